The van der Waals surface area contributed by atoms with Crippen LogP contribution in [0.3, 0.4) is 0 Å². The largest absolute Gasteiger partial charge is 0.497 e. The molecule has 4 rings (SSSR count). The standard InChI is InChI=1S/C21H26N2OS/c1-22-13-6-5-7-16(22)12-14-23-18-8-3-4-9-20(18)25-21-11-10-17(24-2)15-19(21)23/h3-4,8-11,15-16H,5-7,12-14H2,1-2H3/p+1/t16-/m1/s1. The molecule has 1 N–H and O–H groups in total. The Kier molecular flexibility index (Phi) is 4.91. The van der Waals surface area contributed by atoms with Gasteiger partial charge in [0.2, 0.25) is 0 Å². The highest BCUT2D eigenvalue weighted by atomic mass is 32.2. The average molecular weight is 356 g/mol. The van der Waals surface area contributed by atoms with E-state index in [-0.39, 0.29) is 0 Å². The highest BCUT2D eigenvalue weighted by Crippen LogP contribution is 2.49. The van der Waals surface area contributed by atoms with Crippen molar-refractivity contribution in [1.82, 2.24) is 0 Å². The molecule has 3 nitrogen and oxygen atoms in total. The number of fused-ring (bicyclic) bond motifs is 2. The lowest BCUT2D eigenvalue weighted by atomic mass is 9.99. The molecule has 2 aliphatic rings. The van der Waals surface area contributed by atoms with Crippen LogP contribution in [-0.2, 0) is 0 Å². The van der Waals surface area contributed by atoms with Crippen molar-refractivity contribution in [1.29, 1.82) is 0 Å². The number of rotatable bonds is 4. The molecule has 0 bridgehead atoms. The summed E-state index contributed by atoms with van der Waals surface area (Å²) in [6.45, 7) is 2.39. The van der Waals surface area contributed by atoms with Crippen LogP contribution >= 0.6 is 11.8 Å². The highest BCUT2D eigenvalue weighted by molar-refractivity contribution is 7.99. The van der Waals surface area contributed by atoms with E-state index in [0.29, 0.717) is 0 Å². The zero-order valence-electron chi connectivity index (χ0n) is 15.1. The molecular weight excluding hydrogens is 328 g/mol. The minimum atomic E-state index is 0.782. The van der Waals surface area contributed by atoms with Gasteiger partial charge in [-0.15, -0.1) is 0 Å². The first kappa shape index (κ1) is 16.8. The van der Waals surface area contributed by atoms with Gasteiger partial charge < -0.3 is 14.5 Å². The molecule has 0 aliphatic carbocycles. The van der Waals surface area contributed by atoms with Gasteiger partial charge in [-0.25, -0.2) is 0 Å². The van der Waals surface area contributed by atoms with E-state index in [1.165, 1.54) is 53.4 Å². The van der Waals surface area contributed by atoms with Crippen LogP contribution in [0.25, 0.3) is 0 Å². The van der Waals surface area contributed by atoms with E-state index < -0.39 is 0 Å². The van der Waals surface area contributed by atoms with Crippen LogP contribution in [0.2, 0.25) is 0 Å². The molecule has 1 fully saturated rings. The number of benzene rings is 2. The molecule has 2 aromatic rings. The Morgan fingerprint density at radius 3 is 2.80 bits per heavy atom. The number of para-hydroxylation sites is 1. The quantitative estimate of drug-likeness (QED) is 0.900. The van der Waals surface area contributed by atoms with Gasteiger partial charge in [0, 0.05) is 28.8 Å². The summed E-state index contributed by atoms with van der Waals surface area (Å²) in [6, 6.07) is 16.0. The molecule has 2 aromatic carbocycles. The van der Waals surface area contributed by atoms with Gasteiger partial charge in [-0.3, -0.25) is 0 Å². The SMILES string of the molecule is COc1ccc2c(c1)N(CC[C@H]1CCCC[NH+]1C)c1ccccc1S2. The van der Waals surface area contributed by atoms with Gasteiger partial charge in [-0.1, -0.05) is 23.9 Å². The number of nitrogens with one attached hydrogen (secondary N) is 1. The van der Waals surface area contributed by atoms with Crippen molar-refractivity contribution in [3.8, 4) is 5.75 Å². The molecule has 1 saturated heterocycles. The zero-order valence-corrected chi connectivity index (χ0v) is 15.9. The summed E-state index contributed by atoms with van der Waals surface area (Å²) in [5.74, 6) is 0.934. The van der Waals surface area contributed by atoms with Gasteiger partial charge in [-0.2, -0.15) is 0 Å². The van der Waals surface area contributed by atoms with Crippen molar-refractivity contribution in [2.45, 2.75) is 41.5 Å². The molecule has 25 heavy (non-hydrogen) atoms. The predicted octanol–water partition coefficient (Wildman–Crippen LogP) is 3.76. The van der Waals surface area contributed by atoms with Crippen molar-refractivity contribution in [2.75, 3.05) is 32.1 Å². The fraction of sp³-hybridized carbons (Fsp3) is 0.429. The molecule has 0 aromatic heterocycles. The second-order valence-corrected chi connectivity index (χ2v) is 8.22. The molecule has 0 amide bonds. The lowest BCUT2D eigenvalue weighted by molar-refractivity contribution is -0.911. The molecular formula is C21H27N2OS+. The lowest BCUT2D eigenvalue weighted by Crippen LogP contribution is -3.13. The fourth-order valence-electron chi connectivity index (χ4n) is 4.10. The first-order chi connectivity index (χ1) is 12.3. The van der Waals surface area contributed by atoms with Crippen LogP contribution < -0.4 is 14.5 Å². The van der Waals surface area contributed by atoms with E-state index in [2.05, 4.69) is 54.4 Å². The van der Waals surface area contributed by atoms with Gasteiger partial charge in [0.1, 0.15) is 5.75 Å². The second kappa shape index (κ2) is 7.30. The van der Waals surface area contributed by atoms with Gasteiger partial charge in [0.15, 0.2) is 0 Å². The molecule has 0 radical (unpaired) electrons. The zero-order chi connectivity index (χ0) is 17.2. The molecule has 0 saturated carbocycles. The van der Waals surface area contributed by atoms with Crippen molar-refractivity contribution >= 4 is 23.1 Å². The third-order valence-electron chi connectivity index (χ3n) is 5.60. The maximum atomic E-state index is 5.49. The number of likely N-dealkylation sites (tertiary alicyclic amines) is 1. The Hall–Kier alpha value is -1.65. The maximum Gasteiger partial charge on any atom is 0.121 e. The number of hydrogen-bond acceptors (Lipinski definition) is 3. The van der Waals surface area contributed by atoms with Crippen LogP contribution in [0.15, 0.2) is 52.3 Å². The van der Waals surface area contributed by atoms with E-state index in [1.807, 2.05) is 11.8 Å². The number of hydrogen-bond donors (Lipinski definition) is 1. The third kappa shape index (κ3) is 3.38. The lowest BCUT2D eigenvalue weighted by Gasteiger charge is -2.35. The van der Waals surface area contributed by atoms with Crippen LogP contribution in [0.1, 0.15) is 25.7 Å². The maximum absolute atomic E-state index is 5.49. The molecule has 2 heterocycles. The molecule has 1 unspecified atom stereocenters. The van der Waals surface area contributed by atoms with Gasteiger partial charge in [-0.05, 0) is 43.5 Å². The average Bonchev–Trinajstić information content (AvgIpc) is 2.66. The van der Waals surface area contributed by atoms with E-state index in [4.69, 9.17) is 4.74 Å². The smallest absolute Gasteiger partial charge is 0.121 e. The summed E-state index contributed by atoms with van der Waals surface area (Å²) in [7, 11) is 4.11. The Morgan fingerprint density at radius 2 is 1.96 bits per heavy atom. The number of nitrogens with zero attached hydrogens (tertiary/aromatic N) is 1. The summed E-state index contributed by atoms with van der Waals surface area (Å²) in [6.07, 6.45) is 5.37. The van der Waals surface area contributed by atoms with Crippen molar-refractivity contribution in [2.24, 2.45) is 0 Å². The van der Waals surface area contributed by atoms with Gasteiger partial charge in [0.05, 0.1) is 38.1 Å². The number of anilines is 2. The van der Waals surface area contributed by atoms with Crippen LogP contribution in [0.5, 0.6) is 5.75 Å². The summed E-state index contributed by atoms with van der Waals surface area (Å²) in [4.78, 5) is 6.89. The van der Waals surface area contributed by atoms with Crippen LogP contribution in [-0.4, -0.2) is 33.3 Å². The number of methoxy groups -OCH3 is 1. The van der Waals surface area contributed by atoms with Crippen molar-refractivity contribution in [3.05, 3.63) is 42.5 Å². The minimum Gasteiger partial charge on any atom is -0.497 e. The van der Waals surface area contributed by atoms with E-state index in [9.17, 15) is 0 Å². The fourth-order valence-corrected chi connectivity index (χ4v) is 5.17. The normalized spacial score (nSPS) is 22.2. The van der Waals surface area contributed by atoms with Crippen LogP contribution in [0, 0.1) is 0 Å². The molecule has 132 valence electrons. The Morgan fingerprint density at radius 1 is 1.12 bits per heavy atom. The molecule has 0 spiro atoms. The topological polar surface area (TPSA) is 16.9 Å². The summed E-state index contributed by atoms with van der Waals surface area (Å²) < 4.78 is 5.49. The van der Waals surface area contributed by atoms with Gasteiger partial charge >= 0.3 is 0 Å². The first-order valence-electron chi connectivity index (χ1n) is 9.31. The molecule has 2 aliphatic heterocycles. The molecule has 2 atom stereocenters. The summed E-state index contributed by atoms with van der Waals surface area (Å²) in [5, 5.41) is 0. The molecule has 4 heteroatoms. The van der Waals surface area contributed by atoms with Crippen molar-refractivity contribution in [3.63, 3.8) is 0 Å². The third-order valence-corrected chi connectivity index (χ3v) is 6.73. The van der Waals surface area contributed by atoms with Gasteiger partial charge in [0.25, 0.3) is 0 Å². The minimum absolute atomic E-state index is 0.782. The Labute approximate surface area is 155 Å². The first-order valence-corrected chi connectivity index (χ1v) is 10.1. The number of quaternary nitrogens is 1. The van der Waals surface area contributed by atoms with E-state index in [1.54, 1.807) is 12.0 Å². The monoisotopic (exact) mass is 355 g/mol. The van der Waals surface area contributed by atoms with Crippen molar-refractivity contribution < 1.29 is 9.64 Å². The Balaban J connectivity index is 1.63. The number of piperidine rings is 1. The van der Waals surface area contributed by atoms with E-state index in [0.717, 1.165) is 18.3 Å². The highest BCUT2D eigenvalue weighted by Gasteiger charge is 2.27. The second-order valence-electron chi connectivity index (χ2n) is 7.13. The summed E-state index contributed by atoms with van der Waals surface area (Å²) >= 11 is 1.87. The van der Waals surface area contributed by atoms with E-state index >= 15 is 0 Å². The Bertz CT molecular complexity index is 748. The number of ether oxygens (including phenoxy) is 1. The van der Waals surface area contributed by atoms with Crippen LogP contribution in [0.4, 0.5) is 11.4 Å². The predicted molar refractivity (Wildman–Crippen MR) is 105 cm³/mol. The summed E-state index contributed by atoms with van der Waals surface area (Å²) in [5.41, 5.74) is 2.62.